The first-order valence-corrected chi connectivity index (χ1v) is 8.90. The quantitative estimate of drug-likeness (QED) is 0.860. The van der Waals surface area contributed by atoms with E-state index in [1.54, 1.807) is 0 Å². The van der Waals surface area contributed by atoms with E-state index < -0.39 is 0 Å². The first kappa shape index (κ1) is 17.2. The van der Waals surface area contributed by atoms with Crippen molar-refractivity contribution >= 4 is 0 Å². The molecule has 4 atom stereocenters. The van der Waals surface area contributed by atoms with Crippen LogP contribution in [0.1, 0.15) is 52.9 Å². The highest BCUT2D eigenvalue weighted by Gasteiger charge is 2.41. The summed E-state index contributed by atoms with van der Waals surface area (Å²) in [5, 5.41) is 3.62. The molecule has 2 aliphatic rings. The highest BCUT2D eigenvalue weighted by molar-refractivity contribution is 4.97. The van der Waals surface area contributed by atoms with Crippen LogP contribution in [-0.4, -0.2) is 62.2 Å². The van der Waals surface area contributed by atoms with Crippen LogP contribution >= 0.6 is 0 Å². The van der Waals surface area contributed by atoms with Crippen molar-refractivity contribution in [2.45, 2.75) is 71.0 Å². The van der Waals surface area contributed by atoms with Crippen molar-refractivity contribution < 1.29 is 0 Å². The largest absolute Gasteiger partial charge is 0.315 e. The number of hydrogen-bond acceptors (Lipinski definition) is 3. The molecule has 3 heteroatoms. The lowest BCUT2D eigenvalue weighted by Crippen LogP contribution is -2.56. The fraction of sp³-hybridized carbons (Fsp3) is 1.00. The molecule has 1 saturated heterocycles. The Bertz CT molecular complexity index is 321. The zero-order valence-electron chi connectivity index (χ0n) is 15.2. The van der Waals surface area contributed by atoms with E-state index in [0.29, 0.717) is 11.5 Å². The average molecular weight is 296 g/mol. The summed E-state index contributed by atoms with van der Waals surface area (Å²) in [7, 11) is 6.59. The zero-order valence-corrected chi connectivity index (χ0v) is 15.2. The van der Waals surface area contributed by atoms with Crippen LogP contribution in [0.15, 0.2) is 0 Å². The second-order valence-electron chi connectivity index (χ2n) is 8.63. The second kappa shape index (κ2) is 6.97. The van der Waals surface area contributed by atoms with Crippen LogP contribution in [0.5, 0.6) is 0 Å². The molecule has 0 amide bonds. The Morgan fingerprint density at radius 2 is 1.86 bits per heavy atom. The van der Waals surface area contributed by atoms with Crippen LogP contribution in [0.3, 0.4) is 0 Å². The van der Waals surface area contributed by atoms with Crippen LogP contribution in [0.25, 0.3) is 0 Å². The molecule has 3 nitrogen and oxygen atoms in total. The van der Waals surface area contributed by atoms with Gasteiger partial charge in [-0.05, 0) is 71.1 Å². The van der Waals surface area contributed by atoms with Crippen molar-refractivity contribution in [1.82, 2.24) is 15.1 Å². The number of nitrogens with one attached hydrogen (secondary N) is 1. The molecule has 2 fully saturated rings. The van der Waals surface area contributed by atoms with Crippen LogP contribution in [0, 0.1) is 11.3 Å². The predicted octanol–water partition coefficient (Wildman–Crippen LogP) is 2.82. The third-order valence-electron chi connectivity index (χ3n) is 5.84. The summed E-state index contributed by atoms with van der Waals surface area (Å²) in [6, 6.07) is 2.19. The monoisotopic (exact) mass is 295 g/mol. The molecule has 2 rings (SSSR count). The number of hydrogen-bond donors (Lipinski definition) is 1. The maximum atomic E-state index is 3.62. The molecular weight excluding hydrogens is 258 g/mol. The minimum absolute atomic E-state index is 0.452. The van der Waals surface area contributed by atoms with Crippen LogP contribution in [0.2, 0.25) is 0 Å². The van der Waals surface area contributed by atoms with Crippen LogP contribution in [0.4, 0.5) is 0 Å². The minimum Gasteiger partial charge on any atom is -0.315 e. The standard InChI is InChI=1S/C18H37N3/c1-18(2,3)14-9-10-16(19-4)17(12-14)21-11-7-8-15(21)13-20(5)6/h14-17,19H,7-13H2,1-6H3. The van der Waals surface area contributed by atoms with Gasteiger partial charge in [0.25, 0.3) is 0 Å². The molecule has 0 spiro atoms. The van der Waals surface area contributed by atoms with E-state index >= 15 is 0 Å². The van der Waals surface area contributed by atoms with Gasteiger partial charge in [0.1, 0.15) is 0 Å². The molecule has 0 bridgehead atoms. The fourth-order valence-corrected chi connectivity index (χ4v) is 4.55. The van der Waals surface area contributed by atoms with E-state index in [9.17, 15) is 0 Å². The molecule has 1 heterocycles. The van der Waals surface area contributed by atoms with Crippen molar-refractivity contribution in [1.29, 1.82) is 0 Å². The van der Waals surface area contributed by atoms with Gasteiger partial charge in [0.2, 0.25) is 0 Å². The Hall–Kier alpha value is -0.120. The van der Waals surface area contributed by atoms with Crippen molar-refractivity contribution in [3.05, 3.63) is 0 Å². The first-order chi connectivity index (χ1) is 9.82. The molecule has 1 N–H and O–H groups in total. The normalized spacial score (nSPS) is 35.6. The molecule has 4 unspecified atom stereocenters. The van der Waals surface area contributed by atoms with Crippen molar-refractivity contribution in [2.24, 2.45) is 11.3 Å². The molecule has 21 heavy (non-hydrogen) atoms. The van der Waals surface area contributed by atoms with Gasteiger partial charge in [-0.1, -0.05) is 20.8 Å². The predicted molar refractivity (Wildman–Crippen MR) is 91.7 cm³/mol. The summed E-state index contributed by atoms with van der Waals surface area (Å²) in [5.74, 6) is 0.868. The van der Waals surface area contributed by atoms with Crippen molar-refractivity contribution in [2.75, 3.05) is 34.2 Å². The summed E-state index contributed by atoms with van der Waals surface area (Å²) >= 11 is 0. The zero-order chi connectivity index (χ0) is 15.6. The summed E-state index contributed by atoms with van der Waals surface area (Å²) in [4.78, 5) is 5.21. The van der Waals surface area contributed by atoms with Gasteiger partial charge in [0, 0.05) is 24.7 Å². The summed E-state index contributed by atoms with van der Waals surface area (Å²) in [5.41, 5.74) is 0.452. The number of nitrogens with zero attached hydrogens (tertiary/aromatic N) is 2. The SMILES string of the molecule is CNC1CCC(C(C)(C)C)CC1N1CCCC1CN(C)C. The molecule has 1 aliphatic carbocycles. The van der Waals surface area contributed by atoms with E-state index in [0.717, 1.165) is 18.0 Å². The average Bonchev–Trinajstić information content (AvgIpc) is 2.84. The molecule has 0 aromatic heterocycles. The maximum absolute atomic E-state index is 3.62. The second-order valence-corrected chi connectivity index (χ2v) is 8.63. The Morgan fingerprint density at radius 1 is 1.14 bits per heavy atom. The van der Waals surface area contributed by atoms with Crippen LogP contribution in [-0.2, 0) is 0 Å². The van der Waals surface area contributed by atoms with E-state index in [1.165, 1.54) is 45.2 Å². The van der Waals surface area contributed by atoms with E-state index in [2.05, 4.69) is 57.0 Å². The Labute approximate surface area is 132 Å². The first-order valence-electron chi connectivity index (χ1n) is 8.90. The van der Waals surface area contributed by atoms with Crippen LogP contribution < -0.4 is 5.32 Å². The summed E-state index contributed by atoms with van der Waals surface area (Å²) < 4.78 is 0. The third-order valence-corrected chi connectivity index (χ3v) is 5.84. The van der Waals surface area contributed by atoms with Gasteiger partial charge >= 0.3 is 0 Å². The minimum atomic E-state index is 0.452. The topological polar surface area (TPSA) is 18.5 Å². The van der Waals surface area contributed by atoms with Gasteiger partial charge in [-0.25, -0.2) is 0 Å². The van der Waals surface area contributed by atoms with Crippen molar-refractivity contribution in [3.8, 4) is 0 Å². The molecule has 0 radical (unpaired) electrons. The number of likely N-dealkylation sites (N-methyl/N-ethyl adjacent to an activating group) is 2. The van der Waals surface area contributed by atoms with Gasteiger partial charge < -0.3 is 10.2 Å². The maximum Gasteiger partial charge on any atom is 0.0255 e. The van der Waals surface area contributed by atoms with Crippen molar-refractivity contribution in [3.63, 3.8) is 0 Å². The van der Waals surface area contributed by atoms with Gasteiger partial charge in [-0.2, -0.15) is 0 Å². The van der Waals surface area contributed by atoms with Gasteiger partial charge in [0.15, 0.2) is 0 Å². The smallest absolute Gasteiger partial charge is 0.0255 e. The third kappa shape index (κ3) is 4.20. The fourth-order valence-electron chi connectivity index (χ4n) is 4.55. The Balaban J connectivity index is 2.09. The lowest BCUT2D eigenvalue weighted by Gasteiger charge is -2.47. The Kier molecular flexibility index (Phi) is 5.72. The molecule has 1 aliphatic heterocycles. The molecule has 0 aromatic carbocycles. The van der Waals surface area contributed by atoms with Gasteiger partial charge in [0.05, 0.1) is 0 Å². The Morgan fingerprint density at radius 3 is 2.43 bits per heavy atom. The number of rotatable bonds is 4. The van der Waals surface area contributed by atoms with Gasteiger partial charge in [-0.3, -0.25) is 4.90 Å². The lowest BCUT2D eigenvalue weighted by atomic mass is 9.69. The molecule has 124 valence electrons. The highest BCUT2D eigenvalue weighted by Crippen LogP contribution is 2.40. The highest BCUT2D eigenvalue weighted by atomic mass is 15.3. The summed E-state index contributed by atoms with van der Waals surface area (Å²) in [6.45, 7) is 9.80. The molecule has 1 saturated carbocycles. The van der Waals surface area contributed by atoms with Gasteiger partial charge in [-0.15, -0.1) is 0 Å². The number of likely N-dealkylation sites (tertiary alicyclic amines) is 1. The van der Waals surface area contributed by atoms with E-state index in [-0.39, 0.29) is 0 Å². The summed E-state index contributed by atoms with van der Waals surface area (Å²) in [6.07, 6.45) is 6.86. The molecule has 0 aromatic rings. The lowest BCUT2D eigenvalue weighted by molar-refractivity contribution is 0.0470. The molecular formula is C18H37N3. The van der Waals surface area contributed by atoms with E-state index in [4.69, 9.17) is 0 Å². The van der Waals surface area contributed by atoms with E-state index in [1.807, 2.05) is 0 Å².